The van der Waals surface area contributed by atoms with Gasteiger partial charge in [0.25, 0.3) is 0 Å². The first-order chi connectivity index (χ1) is 7.44. The first-order valence-corrected chi connectivity index (χ1v) is 6.29. The van der Waals surface area contributed by atoms with Gasteiger partial charge in [0.1, 0.15) is 0 Å². The molecule has 1 amide bonds. The second-order valence-electron chi connectivity index (χ2n) is 5.85. The Morgan fingerprint density at radius 1 is 1.38 bits per heavy atom. The maximum atomic E-state index is 11.8. The third-order valence-electron chi connectivity index (χ3n) is 3.78. The molecule has 0 radical (unpaired) electrons. The molecule has 0 atom stereocenters. The minimum absolute atomic E-state index is 0.0555. The lowest BCUT2D eigenvalue weighted by molar-refractivity contribution is -0.131. The number of hydrogen-bond donors (Lipinski definition) is 1. The summed E-state index contributed by atoms with van der Waals surface area (Å²) >= 11 is 0. The molecule has 94 valence electrons. The zero-order chi connectivity index (χ0) is 12.2. The molecular formula is C13H25NO2. The Kier molecular flexibility index (Phi) is 4.78. The zero-order valence-electron chi connectivity index (χ0n) is 10.8. The molecule has 0 saturated heterocycles. The van der Waals surface area contributed by atoms with E-state index in [-0.39, 0.29) is 12.5 Å². The van der Waals surface area contributed by atoms with E-state index in [4.69, 9.17) is 5.11 Å². The Morgan fingerprint density at radius 3 is 2.44 bits per heavy atom. The number of carbonyl (C=O) groups excluding carboxylic acids is 1. The smallest absolute Gasteiger partial charge is 0.222 e. The fourth-order valence-electron chi connectivity index (χ4n) is 2.34. The van der Waals surface area contributed by atoms with E-state index in [0.717, 1.165) is 0 Å². The first-order valence-electron chi connectivity index (χ1n) is 6.29. The number of aliphatic hydroxyl groups is 1. The highest BCUT2D eigenvalue weighted by atomic mass is 16.3. The van der Waals surface area contributed by atoms with Crippen LogP contribution in [0.5, 0.6) is 0 Å². The summed E-state index contributed by atoms with van der Waals surface area (Å²) in [5.74, 6) is 0.737. The summed E-state index contributed by atoms with van der Waals surface area (Å²) in [5, 5.41) is 8.77. The van der Waals surface area contributed by atoms with Gasteiger partial charge in [-0.1, -0.05) is 13.8 Å². The Hall–Kier alpha value is -0.570. The van der Waals surface area contributed by atoms with Gasteiger partial charge in [-0.15, -0.1) is 0 Å². The van der Waals surface area contributed by atoms with E-state index < -0.39 is 0 Å². The van der Waals surface area contributed by atoms with E-state index in [1.807, 2.05) is 0 Å². The maximum absolute atomic E-state index is 11.8. The van der Waals surface area contributed by atoms with Crippen LogP contribution >= 0.6 is 0 Å². The van der Waals surface area contributed by atoms with Crippen LogP contribution in [0.1, 0.15) is 46.0 Å². The van der Waals surface area contributed by atoms with Gasteiger partial charge in [0.05, 0.1) is 6.61 Å². The number of amides is 1. The highest BCUT2D eigenvalue weighted by molar-refractivity contribution is 5.76. The Bertz CT molecular complexity index is 228. The van der Waals surface area contributed by atoms with Crippen molar-refractivity contribution in [2.75, 3.05) is 20.2 Å². The summed E-state index contributed by atoms with van der Waals surface area (Å²) in [5.41, 5.74) is 0.469. The van der Waals surface area contributed by atoms with Crippen molar-refractivity contribution in [2.24, 2.45) is 11.3 Å². The summed E-state index contributed by atoms with van der Waals surface area (Å²) in [7, 11) is 1.77. The van der Waals surface area contributed by atoms with Crippen molar-refractivity contribution < 1.29 is 9.90 Å². The van der Waals surface area contributed by atoms with Crippen LogP contribution in [0.2, 0.25) is 0 Å². The van der Waals surface area contributed by atoms with Crippen molar-refractivity contribution in [3.63, 3.8) is 0 Å². The normalized spacial score (nSPS) is 20.8. The second-order valence-corrected chi connectivity index (χ2v) is 5.85. The Labute approximate surface area is 98.8 Å². The molecule has 0 unspecified atom stereocenters. The van der Waals surface area contributed by atoms with Crippen LogP contribution in [-0.4, -0.2) is 36.1 Å². The number of nitrogens with zero attached hydrogens (tertiary/aromatic N) is 1. The molecule has 3 nitrogen and oxygen atoms in total. The molecule has 1 aliphatic rings. The number of likely N-dealkylation sites (N-methyl/N-ethyl adjacent to an activating group) is 1. The van der Waals surface area contributed by atoms with E-state index in [2.05, 4.69) is 13.8 Å². The molecule has 0 heterocycles. The van der Waals surface area contributed by atoms with Gasteiger partial charge in [0.15, 0.2) is 0 Å². The van der Waals surface area contributed by atoms with Crippen LogP contribution in [0.15, 0.2) is 0 Å². The van der Waals surface area contributed by atoms with Gasteiger partial charge in [-0.3, -0.25) is 4.79 Å². The lowest BCUT2D eigenvalue weighted by atomic mass is 9.72. The molecule has 0 aromatic rings. The maximum Gasteiger partial charge on any atom is 0.222 e. The van der Waals surface area contributed by atoms with E-state index in [0.29, 0.717) is 24.3 Å². The van der Waals surface area contributed by atoms with E-state index in [1.54, 1.807) is 11.9 Å². The van der Waals surface area contributed by atoms with Gasteiger partial charge >= 0.3 is 0 Å². The Morgan fingerprint density at radius 2 is 1.94 bits per heavy atom. The highest BCUT2D eigenvalue weighted by Crippen LogP contribution is 2.39. The monoisotopic (exact) mass is 227 g/mol. The molecule has 0 aromatic carbocycles. The molecule has 0 aliphatic heterocycles. The van der Waals surface area contributed by atoms with Crippen molar-refractivity contribution in [3.05, 3.63) is 0 Å². The van der Waals surface area contributed by atoms with Gasteiger partial charge in [0, 0.05) is 20.0 Å². The largest absolute Gasteiger partial charge is 0.395 e. The molecule has 1 fully saturated rings. The molecule has 1 rings (SSSR count). The fraction of sp³-hybridized carbons (Fsp3) is 0.923. The minimum Gasteiger partial charge on any atom is -0.395 e. The average Bonchev–Trinajstić information content (AvgIpc) is 2.21. The highest BCUT2D eigenvalue weighted by Gasteiger charge is 2.28. The van der Waals surface area contributed by atoms with Crippen LogP contribution < -0.4 is 0 Å². The Balaban J connectivity index is 2.31. The molecule has 16 heavy (non-hydrogen) atoms. The summed E-state index contributed by atoms with van der Waals surface area (Å²) < 4.78 is 0. The van der Waals surface area contributed by atoms with Crippen molar-refractivity contribution in [1.82, 2.24) is 4.90 Å². The molecular weight excluding hydrogens is 202 g/mol. The van der Waals surface area contributed by atoms with Crippen LogP contribution in [0.25, 0.3) is 0 Å². The summed E-state index contributed by atoms with van der Waals surface area (Å²) in [6, 6.07) is 0. The molecule has 3 heteroatoms. The average molecular weight is 227 g/mol. The minimum atomic E-state index is 0.0555. The third kappa shape index (κ3) is 4.12. The summed E-state index contributed by atoms with van der Waals surface area (Å²) in [6.45, 7) is 5.13. The number of rotatable bonds is 4. The molecule has 1 aliphatic carbocycles. The SMILES string of the molecule is CN(CCO)C(=O)CC1CCC(C)(C)CC1. The van der Waals surface area contributed by atoms with E-state index in [1.165, 1.54) is 25.7 Å². The zero-order valence-corrected chi connectivity index (χ0v) is 10.8. The number of aliphatic hydroxyl groups excluding tert-OH is 1. The summed E-state index contributed by atoms with van der Waals surface area (Å²) in [6.07, 6.45) is 5.47. The quantitative estimate of drug-likeness (QED) is 0.798. The third-order valence-corrected chi connectivity index (χ3v) is 3.78. The first kappa shape index (κ1) is 13.5. The van der Waals surface area contributed by atoms with Crippen LogP contribution in [0.3, 0.4) is 0 Å². The van der Waals surface area contributed by atoms with Crippen LogP contribution in [0, 0.1) is 11.3 Å². The van der Waals surface area contributed by atoms with E-state index >= 15 is 0 Å². The molecule has 0 aromatic heterocycles. The van der Waals surface area contributed by atoms with Crippen molar-refractivity contribution in [3.8, 4) is 0 Å². The lowest BCUT2D eigenvalue weighted by Gasteiger charge is -2.34. The number of hydrogen-bond acceptors (Lipinski definition) is 2. The standard InChI is InChI=1S/C13H25NO2/c1-13(2)6-4-11(5-7-13)10-12(16)14(3)8-9-15/h11,15H,4-10H2,1-3H3. The van der Waals surface area contributed by atoms with Gasteiger partial charge in [0.2, 0.25) is 5.91 Å². The molecule has 0 spiro atoms. The van der Waals surface area contributed by atoms with Gasteiger partial charge < -0.3 is 10.0 Å². The molecule has 1 saturated carbocycles. The fourth-order valence-corrected chi connectivity index (χ4v) is 2.34. The predicted octanol–water partition coefficient (Wildman–Crippen LogP) is 2.04. The van der Waals surface area contributed by atoms with Gasteiger partial charge in [-0.2, -0.15) is 0 Å². The molecule has 0 bridgehead atoms. The van der Waals surface area contributed by atoms with E-state index in [9.17, 15) is 4.79 Å². The second kappa shape index (κ2) is 5.67. The lowest BCUT2D eigenvalue weighted by Crippen LogP contribution is -2.32. The van der Waals surface area contributed by atoms with Crippen LogP contribution in [0.4, 0.5) is 0 Å². The van der Waals surface area contributed by atoms with Gasteiger partial charge in [-0.05, 0) is 37.0 Å². The van der Waals surface area contributed by atoms with Crippen molar-refractivity contribution in [1.29, 1.82) is 0 Å². The summed E-state index contributed by atoms with van der Waals surface area (Å²) in [4.78, 5) is 13.4. The topological polar surface area (TPSA) is 40.5 Å². The van der Waals surface area contributed by atoms with Crippen molar-refractivity contribution in [2.45, 2.75) is 46.0 Å². The van der Waals surface area contributed by atoms with Crippen molar-refractivity contribution >= 4 is 5.91 Å². The molecule has 1 N–H and O–H groups in total. The number of carbonyl (C=O) groups is 1. The van der Waals surface area contributed by atoms with Crippen LogP contribution in [-0.2, 0) is 4.79 Å². The van der Waals surface area contributed by atoms with Gasteiger partial charge in [-0.25, -0.2) is 0 Å². The predicted molar refractivity (Wildman–Crippen MR) is 65.1 cm³/mol.